The molecule has 7 heteroatoms. The third-order valence-electron chi connectivity index (χ3n) is 3.98. The summed E-state index contributed by atoms with van der Waals surface area (Å²) in [6.45, 7) is 5.16. The van der Waals surface area contributed by atoms with E-state index in [-0.39, 0.29) is 24.0 Å². The predicted octanol–water partition coefficient (Wildman–Crippen LogP) is 3.30. The number of aromatic amines is 1. The van der Waals surface area contributed by atoms with Gasteiger partial charge in [0.05, 0.1) is 12.2 Å². The van der Waals surface area contributed by atoms with Gasteiger partial charge in [0.1, 0.15) is 5.76 Å². The van der Waals surface area contributed by atoms with E-state index in [9.17, 15) is 0 Å². The quantitative estimate of drug-likeness (QED) is 0.315. The molecule has 0 radical (unpaired) electrons. The van der Waals surface area contributed by atoms with Gasteiger partial charge in [-0.1, -0.05) is 18.2 Å². The zero-order valence-corrected chi connectivity index (χ0v) is 17.0. The van der Waals surface area contributed by atoms with E-state index in [4.69, 9.17) is 4.42 Å². The summed E-state index contributed by atoms with van der Waals surface area (Å²) in [5, 5.41) is 7.76. The molecule has 0 unspecified atom stereocenters. The number of fused-ring (bicyclic) bond motifs is 1. The van der Waals surface area contributed by atoms with Crippen LogP contribution in [-0.4, -0.2) is 29.5 Å². The van der Waals surface area contributed by atoms with Crippen molar-refractivity contribution in [3.05, 3.63) is 53.4 Å². The number of aromatic nitrogens is 2. The molecule has 0 amide bonds. The summed E-state index contributed by atoms with van der Waals surface area (Å²) in [6, 6.07) is 10.5. The molecule has 0 spiro atoms. The lowest BCUT2D eigenvalue weighted by Gasteiger charge is -2.10. The summed E-state index contributed by atoms with van der Waals surface area (Å²) in [7, 11) is 1.75. The number of benzene rings is 1. The van der Waals surface area contributed by atoms with Gasteiger partial charge in [0.15, 0.2) is 5.96 Å². The summed E-state index contributed by atoms with van der Waals surface area (Å²) in [6.07, 6.45) is 0.895. The van der Waals surface area contributed by atoms with Gasteiger partial charge in [-0.2, -0.15) is 0 Å². The van der Waals surface area contributed by atoms with E-state index >= 15 is 0 Å². The van der Waals surface area contributed by atoms with Gasteiger partial charge in [-0.15, -0.1) is 24.0 Å². The summed E-state index contributed by atoms with van der Waals surface area (Å²) in [5.41, 5.74) is 3.30. The monoisotopic (exact) mass is 453 g/mol. The van der Waals surface area contributed by atoms with Gasteiger partial charge in [0.2, 0.25) is 5.89 Å². The van der Waals surface area contributed by atoms with E-state index in [0.29, 0.717) is 12.4 Å². The zero-order valence-electron chi connectivity index (χ0n) is 14.7. The third-order valence-corrected chi connectivity index (χ3v) is 3.98. The molecule has 2 heterocycles. The molecule has 0 aliphatic heterocycles. The molecule has 0 aliphatic carbocycles. The van der Waals surface area contributed by atoms with Crippen LogP contribution >= 0.6 is 24.0 Å². The van der Waals surface area contributed by atoms with E-state index in [1.807, 2.05) is 19.9 Å². The van der Waals surface area contributed by atoms with Crippen LogP contribution in [0.15, 0.2) is 39.7 Å². The summed E-state index contributed by atoms with van der Waals surface area (Å²) < 4.78 is 5.56. The predicted molar refractivity (Wildman–Crippen MR) is 112 cm³/mol. The lowest BCUT2D eigenvalue weighted by Crippen LogP contribution is -2.37. The second-order valence-corrected chi connectivity index (χ2v) is 5.73. The summed E-state index contributed by atoms with van der Waals surface area (Å²) in [5.74, 6) is 2.26. The maximum absolute atomic E-state index is 5.56. The largest absolute Gasteiger partial charge is 0.444 e. The van der Waals surface area contributed by atoms with Crippen molar-refractivity contribution in [3.63, 3.8) is 0 Å². The number of hydrogen-bond donors (Lipinski definition) is 3. The Hall–Kier alpha value is -2.03. The molecule has 0 atom stereocenters. The smallest absolute Gasteiger partial charge is 0.214 e. The number of nitrogens with one attached hydrogen (secondary N) is 3. The normalized spacial score (nSPS) is 11.4. The van der Waals surface area contributed by atoms with Crippen molar-refractivity contribution in [2.75, 3.05) is 13.6 Å². The Morgan fingerprint density at radius 1 is 1.24 bits per heavy atom. The Morgan fingerprint density at radius 3 is 2.72 bits per heavy atom. The van der Waals surface area contributed by atoms with Crippen molar-refractivity contribution in [2.45, 2.75) is 26.8 Å². The highest BCUT2D eigenvalue weighted by molar-refractivity contribution is 14.0. The standard InChI is InChI=1S/C18H23N5O.HI/c1-12-13(2)24-17(22-12)11-21-18(19-3)20-9-8-15-10-14-6-4-5-7-16(14)23-15;/h4-7,10,23H,8-9,11H2,1-3H3,(H2,19,20,21);1H. The van der Waals surface area contributed by atoms with Crippen molar-refractivity contribution in [1.29, 1.82) is 0 Å². The minimum absolute atomic E-state index is 0. The Bertz CT molecular complexity index is 800. The van der Waals surface area contributed by atoms with Crippen LogP contribution in [0.5, 0.6) is 0 Å². The van der Waals surface area contributed by atoms with E-state index in [0.717, 1.165) is 30.4 Å². The Balaban J connectivity index is 0.00000225. The van der Waals surface area contributed by atoms with E-state index in [1.54, 1.807) is 7.05 Å². The molecule has 25 heavy (non-hydrogen) atoms. The van der Waals surface area contributed by atoms with Gasteiger partial charge < -0.3 is 20.0 Å². The third kappa shape index (κ3) is 4.97. The van der Waals surface area contributed by atoms with Gasteiger partial charge in [0, 0.05) is 31.2 Å². The van der Waals surface area contributed by atoms with E-state index < -0.39 is 0 Å². The highest BCUT2D eigenvalue weighted by Crippen LogP contribution is 2.14. The van der Waals surface area contributed by atoms with Crippen LogP contribution in [0.3, 0.4) is 0 Å². The van der Waals surface area contributed by atoms with Crippen LogP contribution < -0.4 is 10.6 Å². The van der Waals surface area contributed by atoms with Crippen molar-refractivity contribution >= 4 is 40.8 Å². The molecule has 1 aromatic carbocycles. The Kier molecular flexibility index (Phi) is 6.86. The fraction of sp³-hybridized carbons (Fsp3) is 0.333. The molecule has 0 saturated heterocycles. The molecule has 0 bridgehead atoms. The number of para-hydroxylation sites is 1. The number of rotatable bonds is 5. The molecule has 3 N–H and O–H groups in total. The van der Waals surface area contributed by atoms with Crippen LogP contribution in [0.2, 0.25) is 0 Å². The van der Waals surface area contributed by atoms with Crippen molar-refractivity contribution in [3.8, 4) is 0 Å². The maximum Gasteiger partial charge on any atom is 0.214 e. The molecule has 134 valence electrons. The van der Waals surface area contributed by atoms with Crippen molar-refractivity contribution < 1.29 is 4.42 Å². The van der Waals surface area contributed by atoms with Crippen LogP contribution in [0.4, 0.5) is 0 Å². The Labute approximate surface area is 164 Å². The topological polar surface area (TPSA) is 78.2 Å². The molecule has 6 nitrogen and oxygen atoms in total. The van der Waals surface area contributed by atoms with E-state index in [1.165, 1.54) is 16.6 Å². The molecule has 0 aliphatic rings. The summed E-state index contributed by atoms with van der Waals surface area (Å²) >= 11 is 0. The number of guanidine groups is 1. The van der Waals surface area contributed by atoms with Crippen LogP contribution in [0, 0.1) is 13.8 Å². The van der Waals surface area contributed by atoms with Gasteiger partial charge in [-0.3, -0.25) is 4.99 Å². The van der Waals surface area contributed by atoms with Crippen LogP contribution in [0.25, 0.3) is 10.9 Å². The van der Waals surface area contributed by atoms with Crippen LogP contribution in [-0.2, 0) is 13.0 Å². The Morgan fingerprint density at radius 2 is 2.04 bits per heavy atom. The first-order valence-corrected chi connectivity index (χ1v) is 8.10. The minimum Gasteiger partial charge on any atom is -0.444 e. The van der Waals surface area contributed by atoms with Crippen molar-refractivity contribution in [1.82, 2.24) is 20.6 Å². The van der Waals surface area contributed by atoms with Gasteiger partial charge >= 0.3 is 0 Å². The fourth-order valence-corrected chi connectivity index (χ4v) is 2.58. The maximum atomic E-state index is 5.56. The number of aryl methyl sites for hydroxylation is 2. The molecule has 3 aromatic rings. The van der Waals surface area contributed by atoms with Gasteiger partial charge in [-0.05, 0) is 31.4 Å². The molecule has 3 rings (SSSR count). The first-order valence-electron chi connectivity index (χ1n) is 8.10. The second kappa shape index (κ2) is 8.89. The van der Waals surface area contributed by atoms with Gasteiger partial charge in [-0.25, -0.2) is 4.98 Å². The average Bonchev–Trinajstić information content (AvgIpc) is 3.13. The van der Waals surface area contributed by atoms with E-state index in [2.05, 4.69) is 49.9 Å². The number of nitrogens with zero attached hydrogens (tertiary/aromatic N) is 2. The number of halogens is 1. The molecular weight excluding hydrogens is 429 g/mol. The zero-order chi connectivity index (χ0) is 16.9. The molecule has 0 saturated carbocycles. The van der Waals surface area contributed by atoms with Gasteiger partial charge in [0.25, 0.3) is 0 Å². The summed E-state index contributed by atoms with van der Waals surface area (Å²) in [4.78, 5) is 12.0. The first-order chi connectivity index (χ1) is 11.7. The SMILES string of the molecule is CN=C(NCCc1cc2ccccc2[nH]1)NCc1nc(C)c(C)o1.I. The average molecular weight is 453 g/mol. The molecular formula is C18H24IN5O. The molecule has 0 fully saturated rings. The highest BCUT2D eigenvalue weighted by Gasteiger charge is 2.06. The van der Waals surface area contributed by atoms with Crippen LogP contribution in [0.1, 0.15) is 23.0 Å². The fourth-order valence-electron chi connectivity index (χ4n) is 2.58. The minimum atomic E-state index is 0. The number of oxazole rings is 1. The highest BCUT2D eigenvalue weighted by atomic mass is 127. The number of hydrogen-bond acceptors (Lipinski definition) is 3. The lowest BCUT2D eigenvalue weighted by molar-refractivity contribution is 0.463. The number of H-pyrrole nitrogens is 1. The first kappa shape index (κ1) is 19.3. The number of aliphatic imine (C=N–C) groups is 1. The second-order valence-electron chi connectivity index (χ2n) is 5.73. The van der Waals surface area contributed by atoms with Crippen molar-refractivity contribution in [2.24, 2.45) is 4.99 Å². The molecule has 2 aromatic heterocycles. The lowest BCUT2D eigenvalue weighted by atomic mass is 10.2.